The first-order valence-corrected chi connectivity index (χ1v) is 10.8. The van der Waals surface area contributed by atoms with Gasteiger partial charge in [0.25, 0.3) is 5.91 Å². The van der Waals surface area contributed by atoms with E-state index in [4.69, 9.17) is 0 Å². The molecule has 0 radical (unpaired) electrons. The van der Waals surface area contributed by atoms with Gasteiger partial charge in [-0.05, 0) is 44.0 Å². The van der Waals surface area contributed by atoms with Gasteiger partial charge >= 0.3 is 5.69 Å². The van der Waals surface area contributed by atoms with Gasteiger partial charge in [0.15, 0.2) is 0 Å². The molecule has 0 unspecified atom stereocenters. The summed E-state index contributed by atoms with van der Waals surface area (Å²) in [5.74, 6) is 0.0110. The third kappa shape index (κ3) is 3.23. The minimum Gasteiger partial charge on any atom is -0.338 e. The van der Waals surface area contributed by atoms with Crippen LogP contribution in [-0.4, -0.2) is 43.4 Å². The fourth-order valence-corrected chi connectivity index (χ4v) is 5.11. The summed E-state index contributed by atoms with van der Waals surface area (Å²) in [5.41, 5.74) is 3.20. The number of para-hydroxylation sites is 2. The second-order valence-electron chi connectivity index (χ2n) is 7.49. The number of nitrogens with zero attached hydrogens (tertiary/aromatic N) is 4. The summed E-state index contributed by atoms with van der Waals surface area (Å²) in [6.07, 6.45) is 3.22. The van der Waals surface area contributed by atoms with Gasteiger partial charge in [0.1, 0.15) is 9.88 Å². The number of nitrogens with one attached hydrogen (secondary N) is 1. The number of aryl methyl sites for hydroxylation is 1. The fourth-order valence-electron chi connectivity index (χ4n) is 4.10. The van der Waals surface area contributed by atoms with Crippen molar-refractivity contribution in [2.45, 2.75) is 25.8 Å². The lowest BCUT2D eigenvalue weighted by Gasteiger charge is -2.32. The zero-order valence-electron chi connectivity index (χ0n) is 16.5. The third-order valence-electron chi connectivity index (χ3n) is 5.62. The molecule has 1 fully saturated rings. The largest absolute Gasteiger partial charge is 0.338 e. The summed E-state index contributed by atoms with van der Waals surface area (Å²) in [6, 6.07) is 13.5. The first-order valence-electron chi connectivity index (χ1n) is 9.99. The molecule has 3 aromatic heterocycles. The quantitative estimate of drug-likeness (QED) is 0.550. The fraction of sp³-hybridized carbons (Fsp3) is 0.273. The van der Waals surface area contributed by atoms with Crippen LogP contribution in [0.5, 0.6) is 0 Å². The molecule has 0 spiro atoms. The molecule has 1 aromatic carbocycles. The van der Waals surface area contributed by atoms with Crippen LogP contribution in [0.2, 0.25) is 0 Å². The number of rotatable bonds is 3. The van der Waals surface area contributed by atoms with Gasteiger partial charge in [-0.15, -0.1) is 11.3 Å². The van der Waals surface area contributed by atoms with Crippen LogP contribution in [0.25, 0.3) is 21.7 Å². The van der Waals surface area contributed by atoms with E-state index in [0.29, 0.717) is 18.0 Å². The zero-order chi connectivity index (χ0) is 20.7. The molecule has 0 aliphatic carbocycles. The summed E-state index contributed by atoms with van der Waals surface area (Å²) >= 11 is 1.39. The highest BCUT2D eigenvalue weighted by atomic mass is 32.1. The van der Waals surface area contributed by atoms with Crippen molar-refractivity contribution < 1.29 is 4.79 Å². The van der Waals surface area contributed by atoms with Gasteiger partial charge in [-0.3, -0.25) is 14.3 Å². The van der Waals surface area contributed by atoms with Crippen LogP contribution in [-0.2, 0) is 0 Å². The zero-order valence-corrected chi connectivity index (χ0v) is 17.4. The van der Waals surface area contributed by atoms with Crippen molar-refractivity contribution in [3.63, 3.8) is 0 Å². The molecule has 1 aliphatic rings. The molecule has 152 valence electrons. The van der Waals surface area contributed by atoms with Crippen molar-refractivity contribution in [3.8, 4) is 10.7 Å². The second-order valence-corrected chi connectivity index (χ2v) is 8.49. The Balaban J connectivity index is 1.33. The average Bonchev–Trinajstić information content (AvgIpc) is 3.33. The summed E-state index contributed by atoms with van der Waals surface area (Å²) < 4.78 is 1.84. The number of fused-ring (bicyclic) bond motifs is 1. The van der Waals surface area contributed by atoms with E-state index in [1.54, 1.807) is 6.20 Å². The molecule has 4 aromatic rings. The molecule has 1 aliphatic heterocycles. The molecule has 4 heterocycles. The smallest absolute Gasteiger partial charge is 0.326 e. The molecule has 1 amide bonds. The monoisotopic (exact) mass is 419 g/mol. The number of aromatic nitrogens is 4. The highest BCUT2D eigenvalue weighted by molar-refractivity contribution is 7.17. The van der Waals surface area contributed by atoms with Crippen LogP contribution in [0.1, 0.15) is 34.2 Å². The van der Waals surface area contributed by atoms with Gasteiger partial charge in [-0.2, -0.15) is 0 Å². The molecule has 7 nitrogen and oxygen atoms in total. The van der Waals surface area contributed by atoms with Crippen LogP contribution in [0.4, 0.5) is 0 Å². The summed E-state index contributed by atoms with van der Waals surface area (Å²) in [7, 11) is 0. The number of pyridine rings is 1. The number of carbonyl (C=O) groups excluding carboxylic acids is 1. The van der Waals surface area contributed by atoms with E-state index < -0.39 is 0 Å². The number of piperidine rings is 1. The number of imidazole rings is 1. The van der Waals surface area contributed by atoms with Crippen LogP contribution in [0.3, 0.4) is 0 Å². The Labute approximate surface area is 177 Å². The van der Waals surface area contributed by atoms with Gasteiger partial charge in [-0.25, -0.2) is 9.78 Å². The molecule has 1 saturated heterocycles. The predicted octanol–water partition coefficient (Wildman–Crippen LogP) is 3.63. The molecule has 0 atom stereocenters. The predicted molar refractivity (Wildman–Crippen MR) is 117 cm³/mol. The van der Waals surface area contributed by atoms with E-state index in [1.807, 2.05) is 58.9 Å². The van der Waals surface area contributed by atoms with E-state index in [9.17, 15) is 9.59 Å². The van der Waals surface area contributed by atoms with Crippen LogP contribution < -0.4 is 5.69 Å². The molecular formula is C22H21N5O2S. The van der Waals surface area contributed by atoms with Crippen LogP contribution in [0.15, 0.2) is 53.5 Å². The Hall–Kier alpha value is -3.26. The highest BCUT2D eigenvalue weighted by Gasteiger charge is 2.28. The molecule has 0 bridgehead atoms. The van der Waals surface area contributed by atoms with Crippen molar-refractivity contribution in [2.24, 2.45) is 0 Å². The van der Waals surface area contributed by atoms with Crippen molar-refractivity contribution >= 4 is 28.3 Å². The lowest BCUT2D eigenvalue weighted by atomic mass is 10.0. The Kier molecular flexibility index (Phi) is 4.71. The minimum absolute atomic E-state index is 0.0110. The number of amides is 1. The molecule has 5 rings (SSSR count). The number of thiazole rings is 1. The van der Waals surface area contributed by atoms with Gasteiger partial charge < -0.3 is 9.88 Å². The Bertz CT molecular complexity index is 1270. The van der Waals surface area contributed by atoms with Crippen molar-refractivity contribution in [1.29, 1.82) is 0 Å². The number of H-pyrrole nitrogens is 1. The number of likely N-dealkylation sites (tertiary alicyclic amines) is 1. The van der Waals surface area contributed by atoms with Crippen LogP contribution >= 0.6 is 11.3 Å². The van der Waals surface area contributed by atoms with E-state index in [2.05, 4.69) is 15.0 Å². The molecule has 30 heavy (non-hydrogen) atoms. The summed E-state index contributed by atoms with van der Waals surface area (Å²) in [4.78, 5) is 40.0. The van der Waals surface area contributed by atoms with E-state index in [0.717, 1.165) is 40.3 Å². The third-order valence-corrected chi connectivity index (χ3v) is 6.78. The Morgan fingerprint density at radius 2 is 1.90 bits per heavy atom. The highest BCUT2D eigenvalue weighted by Crippen LogP contribution is 2.30. The van der Waals surface area contributed by atoms with E-state index in [-0.39, 0.29) is 17.6 Å². The lowest BCUT2D eigenvalue weighted by molar-refractivity contribution is 0.0699. The number of hydrogen-bond donors (Lipinski definition) is 1. The van der Waals surface area contributed by atoms with Crippen molar-refractivity contribution in [2.75, 3.05) is 13.1 Å². The number of aromatic amines is 1. The Morgan fingerprint density at radius 3 is 2.67 bits per heavy atom. The molecule has 0 saturated carbocycles. The van der Waals surface area contributed by atoms with E-state index in [1.165, 1.54) is 11.3 Å². The minimum atomic E-state index is -0.0840. The van der Waals surface area contributed by atoms with Gasteiger partial charge in [0.05, 0.1) is 22.4 Å². The number of benzene rings is 1. The maximum absolute atomic E-state index is 13.1. The summed E-state index contributed by atoms with van der Waals surface area (Å²) in [6.45, 7) is 3.10. The lowest BCUT2D eigenvalue weighted by Crippen LogP contribution is -2.40. The van der Waals surface area contributed by atoms with Crippen molar-refractivity contribution in [3.05, 3.63) is 69.7 Å². The first-order chi connectivity index (χ1) is 14.6. The van der Waals surface area contributed by atoms with Gasteiger partial charge in [0.2, 0.25) is 0 Å². The maximum atomic E-state index is 13.1. The number of carbonyl (C=O) groups is 1. The maximum Gasteiger partial charge on any atom is 0.326 e. The normalized spacial score (nSPS) is 15.0. The van der Waals surface area contributed by atoms with Gasteiger partial charge in [0, 0.05) is 25.3 Å². The second kappa shape index (κ2) is 7.53. The van der Waals surface area contributed by atoms with E-state index >= 15 is 0 Å². The van der Waals surface area contributed by atoms with Crippen LogP contribution in [0, 0.1) is 6.92 Å². The molecule has 1 N–H and O–H groups in total. The SMILES string of the molecule is Cc1nc(-c2ccccn2)sc1C(=O)N1CCC(n2c(=O)[nH]c3ccccc32)CC1. The number of hydrogen-bond acceptors (Lipinski definition) is 5. The summed E-state index contributed by atoms with van der Waals surface area (Å²) in [5, 5.41) is 0.761. The van der Waals surface area contributed by atoms with Gasteiger partial charge in [-0.1, -0.05) is 18.2 Å². The average molecular weight is 420 g/mol. The van der Waals surface area contributed by atoms with Crippen molar-refractivity contribution in [1.82, 2.24) is 24.4 Å². The molecule has 8 heteroatoms. The standard InChI is InChI=1S/C22H21N5O2S/c1-14-19(30-20(24-14)17-7-4-5-11-23-17)21(28)26-12-9-15(10-13-26)27-18-8-3-2-6-16(18)25-22(27)29/h2-8,11,15H,9-10,12-13H2,1H3,(H,25,29). The topological polar surface area (TPSA) is 83.9 Å². The molecular weight excluding hydrogens is 398 g/mol. The Morgan fingerprint density at radius 1 is 1.13 bits per heavy atom. The first kappa shape index (κ1) is 18.7.